The minimum atomic E-state index is 0. The van der Waals surface area contributed by atoms with Gasteiger partial charge in [0, 0.05) is 0 Å². The van der Waals surface area contributed by atoms with Crippen molar-refractivity contribution in [2.75, 3.05) is 0 Å². The predicted octanol–water partition coefficient (Wildman–Crippen LogP) is 3.00. The molecule has 0 aromatic carbocycles. The summed E-state index contributed by atoms with van der Waals surface area (Å²) in [5.41, 5.74) is 1.59. The summed E-state index contributed by atoms with van der Waals surface area (Å²) in [6.45, 7) is 2.23. The minimum Gasteiger partial charge on any atom is -0.147 e. The Hall–Kier alpha value is 0.930. The number of hydrogen-bond donors (Lipinski definition) is 0. The molecule has 0 saturated carbocycles. The van der Waals surface area contributed by atoms with Crippen molar-refractivity contribution in [3.8, 4) is 0 Å². The van der Waals surface area contributed by atoms with Gasteiger partial charge in [0.05, 0.1) is 0 Å². The molecule has 0 fully saturated rings. The van der Waals surface area contributed by atoms with Gasteiger partial charge in [0.25, 0.3) is 0 Å². The van der Waals surface area contributed by atoms with Crippen LogP contribution in [0.4, 0.5) is 0 Å². The number of halogens is 2. The molecule has 0 N–H and O–H groups in total. The molecule has 0 aliphatic heterocycles. The maximum Gasteiger partial charge on any atom is -0.147 e. The first-order valence-electron chi connectivity index (χ1n) is 2.94. The SMILES string of the molecule is CCC1=[C]([Hf])CC=C1.Cl.Cl. The zero-order valence-corrected chi connectivity index (χ0v) is 11.1. The van der Waals surface area contributed by atoms with Crippen LogP contribution in [0, 0.1) is 0 Å². The van der Waals surface area contributed by atoms with Crippen molar-refractivity contribution in [1.29, 1.82) is 0 Å². The zero-order chi connectivity index (χ0) is 5.98. The Morgan fingerprint density at radius 3 is 2.30 bits per heavy atom. The van der Waals surface area contributed by atoms with E-state index >= 15 is 0 Å². The van der Waals surface area contributed by atoms with E-state index < -0.39 is 0 Å². The van der Waals surface area contributed by atoms with E-state index in [4.69, 9.17) is 0 Å². The second kappa shape index (κ2) is 6.63. The Morgan fingerprint density at radius 2 is 2.10 bits per heavy atom. The molecular formula is C7H11Cl2Hf. The van der Waals surface area contributed by atoms with E-state index in [0.29, 0.717) is 0 Å². The van der Waals surface area contributed by atoms with Crippen LogP contribution in [0.1, 0.15) is 19.8 Å². The van der Waals surface area contributed by atoms with Gasteiger partial charge in [-0.1, -0.05) is 0 Å². The van der Waals surface area contributed by atoms with Crippen LogP contribution in [0.15, 0.2) is 21.1 Å². The monoisotopic (exact) mass is 345 g/mol. The van der Waals surface area contributed by atoms with Gasteiger partial charge in [0.15, 0.2) is 0 Å². The molecule has 0 spiro atoms. The largest absolute Gasteiger partial charge is 0.147 e. The number of rotatable bonds is 1. The molecule has 0 bridgehead atoms. The van der Waals surface area contributed by atoms with Gasteiger partial charge in [-0.05, 0) is 0 Å². The summed E-state index contributed by atoms with van der Waals surface area (Å²) in [6, 6.07) is 0. The van der Waals surface area contributed by atoms with E-state index in [1.807, 2.05) is 0 Å². The molecule has 0 aromatic rings. The first-order chi connectivity index (χ1) is 3.84. The van der Waals surface area contributed by atoms with Gasteiger partial charge in [-0.3, -0.25) is 0 Å². The third kappa shape index (κ3) is 3.36. The number of hydrogen-bond acceptors (Lipinski definition) is 0. The van der Waals surface area contributed by atoms with Crippen LogP contribution in [-0.4, -0.2) is 0 Å². The molecule has 0 atom stereocenters. The van der Waals surface area contributed by atoms with E-state index in [1.165, 1.54) is 37.2 Å². The average molecular weight is 345 g/mol. The quantitative estimate of drug-likeness (QED) is 0.642. The summed E-state index contributed by atoms with van der Waals surface area (Å²) in [4.78, 5) is 0. The fourth-order valence-corrected chi connectivity index (χ4v) is 2.24. The van der Waals surface area contributed by atoms with Crippen molar-refractivity contribution in [3.05, 3.63) is 21.1 Å². The molecule has 57 valence electrons. The molecule has 1 rings (SSSR count). The van der Waals surface area contributed by atoms with E-state index in [2.05, 4.69) is 19.1 Å². The molecule has 0 radical (unpaired) electrons. The molecule has 0 saturated heterocycles. The summed E-state index contributed by atoms with van der Waals surface area (Å²) in [5.74, 6) is 0. The summed E-state index contributed by atoms with van der Waals surface area (Å²) >= 11 is 1.26. The molecule has 0 amide bonds. The van der Waals surface area contributed by atoms with Crippen molar-refractivity contribution in [2.45, 2.75) is 19.8 Å². The van der Waals surface area contributed by atoms with Crippen LogP contribution in [0.3, 0.4) is 0 Å². The molecule has 0 aromatic heterocycles. The van der Waals surface area contributed by atoms with Gasteiger partial charge >= 0.3 is 65.2 Å². The van der Waals surface area contributed by atoms with Crippen LogP contribution in [-0.2, 0) is 24.4 Å². The molecule has 0 unspecified atom stereocenters. The van der Waals surface area contributed by atoms with Crippen LogP contribution in [0.5, 0.6) is 0 Å². The summed E-state index contributed by atoms with van der Waals surface area (Å²) in [6.07, 6.45) is 7.01. The smallest absolute Gasteiger partial charge is 0.147 e. The van der Waals surface area contributed by atoms with Crippen LogP contribution < -0.4 is 0 Å². The Bertz CT molecular complexity index is 150. The third-order valence-electron chi connectivity index (χ3n) is 1.41. The Morgan fingerprint density at radius 1 is 1.50 bits per heavy atom. The Balaban J connectivity index is 0. The van der Waals surface area contributed by atoms with E-state index in [0.717, 1.165) is 0 Å². The first kappa shape index (κ1) is 13.5. The summed E-state index contributed by atoms with van der Waals surface area (Å²) in [7, 11) is 0. The molecule has 1 aliphatic rings. The minimum absolute atomic E-state index is 0. The predicted molar refractivity (Wildman–Crippen MR) is 45.6 cm³/mol. The Labute approximate surface area is 89.5 Å². The Kier molecular flexibility index (Phi) is 8.96. The molecule has 0 heterocycles. The third-order valence-corrected chi connectivity index (χ3v) is 3.30. The van der Waals surface area contributed by atoms with E-state index in [-0.39, 0.29) is 24.8 Å². The average Bonchev–Trinajstić information content (AvgIpc) is 2.14. The fourth-order valence-electron chi connectivity index (χ4n) is 0.882. The van der Waals surface area contributed by atoms with Crippen LogP contribution in [0.2, 0.25) is 0 Å². The van der Waals surface area contributed by atoms with Gasteiger partial charge in [-0.25, -0.2) is 0 Å². The normalized spacial score (nSPS) is 14.4. The van der Waals surface area contributed by atoms with Gasteiger partial charge < -0.3 is 0 Å². The second-order valence-electron chi connectivity index (χ2n) is 1.96. The first-order valence-corrected chi connectivity index (χ1v) is 4.74. The molecule has 0 nitrogen and oxygen atoms in total. The van der Waals surface area contributed by atoms with E-state index in [1.54, 1.807) is 8.90 Å². The van der Waals surface area contributed by atoms with Crippen molar-refractivity contribution in [1.82, 2.24) is 0 Å². The summed E-state index contributed by atoms with van der Waals surface area (Å²) in [5, 5.41) is 0. The summed E-state index contributed by atoms with van der Waals surface area (Å²) < 4.78 is 1.69. The topological polar surface area (TPSA) is 0 Å². The molecule has 1 aliphatic carbocycles. The van der Waals surface area contributed by atoms with E-state index in [9.17, 15) is 0 Å². The second-order valence-corrected chi connectivity index (χ2v) is 4.13. The molecule has 10 heavy (non-hydrogen) atoms. The fraction of sp³-hybridized carbons (Fsp3) is 0.429. The zero-order valence-electron chi connectivity index (χ0n) is 5.89. The van der Waals surface area contributed by atoms with Gasteiger partial charge in [-0.2, -0.15) is 0 Å². The van der Waals surface area contributed by atoms with Crippen LogP contribution in [0.25, 0.3) is 0 Å². The maximum absolute atomic E-state index is 2.27. The molecular weight excluding hydrogens is 333 g/mol. The molecule has 3 heteroatoms. The standard InChI is InChI=1S/C7H9.2ClH.Hf/c1-2-7-5-3-4-6-7;;;/h3,5H,2,4H2,1H3;2*1H;. The van der Waals surface area contributed by atoms with Crippen molar-refractivity contribution in [2.24, 2.45) is 0 Å². The van der Waals surface area contributed by atoms with Crippen LogP contribution >= 0.6 is 24.8 Å². The van der Waals surface area contributed by atoms with Gasteiger partial charge in [0.1, 0.15) is 0 Å². The number of allylic oxidation sites excluding steroid dienone is 4. The van der Waals surface area contributed by atoms with Crippen molar-refractivity contribution < 1.29 is 24.4 Å². The maximum atomic E-state index is 2.27. The van der Waals surface area contributed by atoms with Crippen molar-refractivity contribution >= 4 is 24.8 Å². The van der Waals surface area contributed by atoms with Gasteiger partial charge in [-0.15, -0.1) is 24.8 Å². The van der Waals surface area contributed by atoms with Crippen molar-refractivity contribution in [3.63, 3.8) is 0 Å². The van der Waals surface area contributed by atoms with Gasteiger partial charge in [0.2, 0.25) is 0 Å².